The zero-order valence-corrected chi connectivity index (χ0v) is 30.1. The largest absolute Gasteiger partial charge is 0.415 e. The molecule has 3 nitrogen and oxygen atoms in total. The Labute approximate surface area is 213 Å². The first-order chi connectivity index (χ1) is 14.4. The third-order valence-electron chi connectivity index (χ3n) is 9.43. The van der Waals surface area contributed by atoms with Gasteiger partial charge in [-0.15, -0.1) is 0 Å². The molecule has 2 atom stereocenters. The Morgan fingerprint density at radius 2 is 0.939 bits per heavy atom. The van der Waals surface area contributed by atoms with Gasteiger partial charge in [-0.25, -0.2) is 0 Å². The lowest BCUT2D eigenvalue weighted by Gasteiger charge is -2.60. The second kappa shape index (κ2) is 10.6. The zero-order chi connectivity index (χ0) is 26.9. The summed E-state index contributed by atoms with van der Waals surface area (Å²) in [5.74, 6) is 0. The molecule has 0 fully saturated rings. The predicted molar refractivity (Wildman–Crippen MR) is 160 cm³/mol. The summed E-state index contributed by atoms with van der Waals surface area (Å²) in [4.78, 5) is 0. The molecule has 0 amide bonds. The smallest absolute Gasteiger partial charge is 0.217 e. The number of hydrogen-bond acceptors (Lipinski definition) is 3. The Balaban J connectivity index is 6.65. The van der Waals surface area contributed by atoms with Crippen molar-refractivity contribution in [2.75, 3.05) is 0 Å². The Morgan fingerprint density at radius 1 is 0.515 bits per heavy atom. The van der Waals surface area contributed by atoms with Gasteiger partial charge in [-0.3, -0.25) is 0 Å². The van der Waals surface area contributed by atoms with E-state index in [-0.39, 0.29) is 21.1 Å². The van der Waals surface area contributed by atoms with E-state index >= 15 is 0 Å². The highest BCUT2D eigenvalue weighted by atomic mass is 28.4. The minimum atomic E-state index is -2.26. The van der Waals surface area contributed by atoms with Crippen LogP contribution in [0.3, 0.4) is 0 Å². The maximum Gasteiger partial charge on any atom is 0.217 e. The Kier molecular flexibility index (Phi) is 10.9. The summed E-state index contributed by atoms with van der Waals surface area (Å²) < 4.78 is 21.7. The van der Waals surface area contributed by atoms with Crippen molar-refractivity contribution in [2.45, 2.75) is 168 Å². The second-order valence-corrected chi connectivity index (χ2v) is 32.9. The average molecular weight is 535 g/mol. The van der Waals surface area contributed by atoms with Gasteiger partial charge in [-0.2, -0.15) is 0 Å². The van der Waals surface area contributed by atoms with Crippen molar-refractivity contribution in [3.05, 3.63) is 0 Å². The molecule has 0 saturated carbocycles. The van der Waals surface area contributed by atoms with E-state index < -0.39 is 33.0 Å². The average Bonchev–Trinajstić information content (AvgIpc) is 2.61. The van der Waals surface area contributed by atoms with Gasteiger partial charge in [-0.1, -0.05) is 54.3 Å². The molecule has 0 aliphatic rings. The maximum atomic E-state index is 7.57. The van der Waals surface area contributed by atoms with Gasteiger partial charge < -0.3 is 13.3 Å². The van der Waals surface area contributed by atoms with Crippen LogP contribution >= 0.6 is 0 Å². The minimum Gasteiger partial charge on any atom is -0.415 e. The first-order valence-corrected chi connectivity index (χ1v) is 26.2. The Bertz CT molecular complexity index is 630. The van der Waals surface area contributed by atoms with E-state index in [1.54, 1.807) is 0 Å². The molecule has 0 spiro atoms. The highest BCUT2D eigenvalue weighted by Crippen LogP contribution is 2.58. The second-order valence-electron chi connectivity index (χ2n) is 14.2. The molecule has 0 rings (SSSR count). The van der Waals surface area contributed by atoms with E-state index in [1.807, 2.05) is 0 Å². The van der Waals surface area contributed by atoms with Crippen LogP contribution in [0.4, 0.5) is 0 Å². The molecule has 0 aliphatic carbocycles. The van der Waals surface area contributed by atoms with Gasteiger partial charge in [0, 0.05) is 10.3 Å². The molecule has 0 saturated heterocycles. The van der Waals surface area contributed by atoms with Crippen molar-refractivity contribution in [1.82, 2.24) is 0 Å². The molecule has 0 N–H and O–H groups in total. The monoisotopic (exact) mass is 534 g/mol. The molecule has 7 heteroatoms. The standard InChI is InChI=1S/C26H62O3Si4/c1-19-24(7,32(15,16)27-23(5,6)30(9,10)11)26(21-3,22-4)29-33(17,18)25(8,20-2)28-31(12,13)14/h19-22H2,1-18H3. The summed E-state index contributed by atoms with van der Waals surface area (Å²) in [7, 11) is -7.68. The van der Waals surface area contributed by atoms with Gasteiger partial charge in [0.2, 0.25) is 8.32 Å². The van der Waals surface area contributed by atoms with E-state index in [9.17, 15) is 0 Å². The SMILES string of the molecule is CCC(CC)(O[Si](C)(C)C(C)(CC)O[Si](C)(C)C)C(C)(CC)[Si](C)(C)OC(C)(C)[Si](C)(C)C. The van der Waals surface area contributed by atoms with Crippen LogP contribution in [0.5, 0.6) is 0 Å². The van der Waals surface area contributed by atoms with Crippen LogP contribution in [0, 0.1) is 0 Å². The van der Waals surface area contributed by atoms with E-state index in [0.29, 0.717) is 0 Å². The van der Waals surface area contributed by atoms with Crippen molar-refractivity contribution in [3.63, 3.8) is 0 Å². The molecule has 0 aromatic carbocycles. The van der Waals surface area contributed by atoms with Gasteiger partial charge in [0.25, 0.3) is 0 Å². The fourth-order valence-electron chi connectivity index (χ4n) is 5.38. The first-order valence-electron chi connectivity index (χ1n) is 13.5. The summed E-state index contributed by atoms with van der Waals surface area (Å²) in [6.45, 7) is 42.7. The summed E-state index contributed by atoms with van der Waals surface area (Å²) in [5, 5.41) is -0.289. The summed E-state index contributed by atoms with van der Waals surface area (Å²) >= 11 is 0. The normalized spacial score (nSPS) is 18.7. The quantitative estimate of drug-likeness (QED) is 0.208. The van der Waals surface area contributed by atoms with Gasteiger partial charge in [-0.05, 0) is 92.3 Å². The number of hydrogen-bond donors (Lipinski definition) is 0. The summed E-state index contributed by atoms with van der Waals surface area (Å²) in [5.41, 5.74) is -0.220. The van der Waals surface area contributed by atoms with Crippen LogP contribution in [0.25, 0.3) is 0 Å². The van der Waals surface area contributed by atoms with Gasteiger partial charge >= 0.3 is 0 Å². The van der Waals surface area contributed by atoms with Crippen LogP contribution in [-0.2, 0) is 13.3 Å². The van der Waals surface area contributed by atoms with Crippen LogP contribution < -0.4 is 0 Å². The molecule has 200 valence electrons. The molecule has 0 bridgehead atoms. The molecular formula is C26H62O3Si4. The van der Waals surface area contributed by atoms with E-state index in [0.717, 1.165) is 25.7 Å². The van der Waals surface area contributed by atoms with Crippen molar-refractivity contribution < 1.29 is 13.3 Å². The van der Waals surface area contributed by atoms with Crippen LogP contribution in [0.1, 0.15) is 81.1 Å². The fraction of sp³-hybridized carbons (Fsp3) is 1.00. The van der Waals surface area contributed by atoms with Crippen molar-refractivity contribution >= 4 is 33.0 Å². The topological polar surface area (TPSA) is 27.7 Å². The molecule has 33 heavy (non-hydrogen) atoms. The lowest BCUT2D eigenvalue weighted by Crippen LogP contribution is -2.68. The first kappa shape index (κ1) is 33.7. The lowest BCUT2D eigenvalue weighted by molar-refractivity contribution is -0.0276. The maximum absolute atomic E-state index is 7.57. The highest BCUT2D eigenvalue weighted by Gasteiger charge is 2.62. The highest BCUT2D eigenvalue weighted by molar-refractivity contribution is 6.81. The fourth-order valence-corrected chi connectivity index (χ4v) is 17.3. The van der Waals surface area contributed by atoms with E-state index in [2.05, 4.69) is 121 Å². The van der Waals surface area contributed by atoms with Crippen molar-refractivity contribution in [3.8, 4) is 0 Å². The number of rotatable bonds is 14. The molecule has 0 radical (unpaired) electrons. The summed E-state index contributed by atoms with van der Waals surface area (Å²) in [6, 6.07) is 0. The van der Waals surface area contributed by atoms with Gasteiger partial charge in [0.15, 0.2) is 16.6 Å². The zero-order valence-electron chi connectivity index (χ0n) is 26.1. The Morgan fingerprint density at radius 3 is 1.21 bits per heavy atom. The molecule has 0 aliphatic heterocycles. The third-order valence-corrected chi connectivity index (χ3v) is 23.0. The van der Waals surface area contributed by atoms with Crippen LogP contribution in [0.2, 0.25) is 70.5 Å². The van der Waals surface area contributed by atoms with Crippen molar-refractivity contribution in [1.29, 1.82) is 0 Å². The van der Waals surface area contributed by atoms with Crippen LogP contribution in [0.15, 0.2) is 0 Å². The Hall–Kier alpha value is 0.748. The van der Waals surface area contributed by atoms with Gasteiger partial charge in [0.1, 0.15) is 0 Å². The lowest BCUT2D eigenvalue weighted by atomic mass is 9.81. The molecule has 0 heterocycles. The molecule has 0 aromatic rings. The van der Waals surface area contributed by atoms with Crippen molar-refractivity contribution in [2.24, 2.45) is 0 Å². The van der Waals surface area contributed by atoms with Gasteiger partial charge in [0.05, 0.1) is 18.9 Å². The predicted octanol–water partition coefficient (Wildman–Crippen LogP) is 9.37. The molecular weight excluding hydrogens is 473 g/mol. The van der Waals surface area contributed by atoms with E-state index in [1.165, 1.54) is 0 Å². The van der Waals surface area contributed by atoms with Crippen LogP contribution in [-0.4, -0.2) is 49.1 Å². The minimum absolute atomic E-state index is 0.0154. The molecule has 0 aromatic heterocycles. The third kappa shape index (κ3) is 6.95. The molecule has 2 unspecified atom stereocenters. The van der Waals surface area contributed by atoms with E-state index in [4.69, 9.17) is 13.3 Å². The summed E-state index contributed by atoms with van der Waals surface area (Å²) in [6.07, 6.45) is 4.06.